The fourth-order valence-electron chi connectivity index (χ4n) is 2.98. The van der Waals surface area contributed by atoms with Crippen LogP contribution in [-0.2, 0) is 4.79 Å². The molecule has 1 heterocycles. The van der Waals surface area contributed by atoms with E-state index in [1.165, 1.54) is 5.56 Å². The number of carboxylic acids is 1. The van der Waals surface area contributed by atoms with Gasteiger partial charge < -0.3 is 9.84 Å². The number of aliphatic carboxylic acids is 1. The molecular formula is C24H25NO3. The molecule has 0 aliphatic carbocycles. The second kappa shape index (κ2) is 9.70. The Morgan fingerprint density at radius 1 is 0.893 bits per heavy atom. The van der Waals surface area contributed by atoms with Gasteiger partial charge in [0.1, 0.15) is 0 Å². The maximum atomic E-state index is 10.6. The van der Waals surface area contributed by atoms with Crippen LogP contribution in [0.2, 0.25) is 0 Å². The second-order valence-corrected chi connectivity index (χ2v) is 6.86. The highest BCUT2D eigenvalue weighted by Crippen LogP contribution is 2.29. The zero-order valence-corrected chi connectivity index (χ0v) is 16.1. The molecule has 28 heavy (non-hydrogen) atoms. The smallest absolute Gasteiger partial charge is 0.303 e. The minimum atomic E-state index is -0.749. The van der Waals surface area contributed by atoms with Gasteiger partial charge in [0.2, 0.25) is 5.88 Å². The van der Waals surface area contributed by atoms with E-state index >= 15 is 0 Å². The Kier molecular flexibility index (Phi) is 6.79. The summed E-state index contributed by atoms with van der Waals surface area (Å²) in [7, 11) is 0. The van der Waals surface area contributed by atoms with Gasteiger partial charge in [-0.05, 0) is 43.4 Å². The third-order valence-corrected chi connectivity index (χ3v) is 4.54. The molecule has 0 radical (unpaired) electrons. The van der Waals surface area contributed by atoms with Crippen LogP contribution < -0.4 is 4.74 Å². The Hall–Kier alpha value is -3.14. The van der Waals surface area contributed by atoms with Gasteiger partial charge >= 0.3 is 5.97 Å². The SMILES string of the molecule is Cc1ccc(-c2cc(OCCCCCC(=O)O)nc(-c3ccccc3)c2)cc1. The van der Waals surface area contributed by atoms with E-state index < -0.39 is 5.97 Å². The van der Waals surface area contributed by atoms with Gasteiger partial charge in [-0.3, -0.25) is 4.79 Å². The zero-order chi connectivity index (χ0) is 19.8. The number of aryl methyl sites for hydroxylation is 1. The van der Waals surface area contributed by atoms with Gasteiger partial charge in [-0.25, -0.2) is 4.98 Å². The highest BCUT2D eigenvalue weighted by atomic mass is 16.5. The molecule has 0 bridgehead atoms. The molecule has 4 heteroatoms. The van der Waals surface area contributed by atoms with Crippen molar-refractivity contribution >= 4 is 5.97 Å². The van der Waals surface area contributed by atoms with Crippen molar-refractivity contribution in [2.45, 2.75) is 32.6 Å². The molecule has 0 aliphatic rings. The molecule has 0 atom stereocenters. The highest BCUT2D eigenvalue weighted by Gasteiger charge is 2.08. The molecule has 0 unspecified atom stereocenters. The molecule has 0 saturated carbocycles. The molecule has 2 aromatic carbocycles. The number of ether oxygens (including phenoxy) is 1. The Morgan fingerprint density at radius 2 is 1.64 bits per heavy atom. The summed E-state index contributed by atoms with van der Waals surface area (Å²) in [5.74, 6) is -0.156. The number of benzene rings is 2. The summed E-state index contributed by atoms with van der Waals surface area (Å²) >= 11 is 0. The zero-order valence-electron chi connectivity index (χ0n) is 16.1. The molecule has 0 amide bonds. The number of hydrogen-bond donors (Lipinski definition) is 1. The lowest BCUT2D eigenvalue weighted by Crippen LogP contribution is -2.01. The average molecular weight is 375 g/mol. The lowest BCUT2D eigenvalue weighted by Gasteiger charge is -2.11. The van der Waals surface area contributed by atoms with Crippen LogP contribution in [0.25, 0.3) is 22.4 Å². The van der Waals surface area contributed by atoms with E-state index in [1.54, 1.807) is 0 Å². The molecule has 1 N–H and O–H groups in total. The van der Waals surface area contributed by atoms with Crippen LogP contribution in [-0.4, -0.2) is 22.7 Å². The van der Waals surface area contributed by atoms with Crippen molar-refractivity contribution in [3.63, 3.8) is 0 Å². The maximum Gasteiger partial charge on any atom is 0.303 e. The van der Waals surface area contributed by atoms with Gasteiger partial charge in [0.25, 0.3) is 0 Å². The second-order valence-electron chi connectivity index (χ2n) is 6.86. The van der Waals surface area contributed by atoms with Crippen molar-refractivity contribution in [1.29, 1.82) is 0 Å². The number of aromatic nitrogens is 1. The topological polar surface area (TPSA) is 59.4 Å². The summed E-state index contributed by atoms with van der Waals surface area (Å²) in [6.45, 7) is 2.60. The number of nitrogens with zero attached hydrogens (tertiary/aromatic N) is 1. The van der Waals surface area contributed by atoms with Gasteiger partial charge in [0.05, 0.1) is 12.3 Å². The summed E-state index contributed by atoms with van der Waals surface area (Å²) < 4.78 is 5.90. The van der Waals surface area contributed by atoms with Gasteiger partial charge in [-0.2, -0.15) is 0 Å². The van der Waals surface area contributed by atoms with Gasteiger partial charge in [0.15, 0.2) is 0 Å². The number of rotatable bonds is 9. The first-order valence-corrected chi connectivity index (χ1v) is 9.61. The third kappa shape index (κ3) is 5.68. The predicted molar refractivity (Wildman–Crippen MR) is 111 cm³/mol. The molecule has 0 fully saturated rings. The van der Waals surface area contributed by atoms with Crippen LogP contribution >= 0.6 is 0 Å². The monoisotopic (exact) mass is 375 g/mol. The van der Waals surface area contributed by atoms with E-state index in [9.17, 15) is 4.79 Å². The number of pyridine rings is 1. The van der Waals surface area contributed by atoms with Crippen molar-refractivity contribution in [3.8, 4) is 28.3 Å². The minimum absolute atomic E-state index is 0.208. The summed E-state index contributed by atoms with van der Waals surface area (Å²) in [4.78, 5) is 15.3. The number of hydrogen-bond acceptors (Lipinski definition) is 3. The average Bonchev–Trinajstić information content (AvgIpc) is 2.71. The van der Waals surface area contributed by atoms with Gasteiger partial charge in [-0.1, -0.05) is 60.2 Å². The molecule has 144 valence electrons. The quantitative estimate of drug-likeness (QED) is 0.484. The number of carbonyl (C=O) groups is 1. The maximum absolute atomic E-state index is 10.6. The van der Waals surface area contributed by atoms with Crippen LogP contribution in [0.5, 0.6) is 5.88 Å². The number of carboxylic acid groups (broad SMARTS) is 1. The molecule has 3 rings (SSSR count). The summed E-state index contributed by atoms with van der Waals surface area (Å²) in [5, 5.41) is 8.70. The van der Waals surface area contributed by atoms with E-state index in [1.807, 2.05) is 36.4 Å². The fraction of sp³-hybridized carbons (Fsp3) is 0.250. The Morgan fingerprint density at radius 3 is 2.36 bits per heavy atom. The minimum Gasteiger partial charge on any atom is -0.481 e. The Bertz CT molecular complexity index is 905. The summed E-state index contributed by atoms with van der Waals surface area (Å²) in [6, 6.07) is 22.5. The van der Waals surface area contributed by atoms with Crippen molar-refractivity contribution in [3.05, 3.63) is 72.3 Å². The van der Waals surface area contributed by atoms with Crippen molar-refractivity contribution in [2.24, 2.45) is 0 Å². The molecule has 0 saturated heterocycles. The summed E-state index contributed by atoms with van der Waals surface area (Å²) in [6.07, 6.45) is 2.52. The largest absolute Gasteiger partial charge is 0.481 e. The predicted octanol–water partition coefficient (Wildman–Crippen LogP) is 5.75. The molecule has 0 spiro atoms. The van der Waals surface area contributed by atoms with Crippen LogP contribution in [0.4, 0.5) is 0 Å². The molecule has 0 aliphatic heterocycles. The van der Waals surface area contributed by atoms with E-state index in [0.717, 1.165) is 35.2 Å². The molecular weight excluding hydrogens is 350 g/mol. The van der Waals surface area contributed by atoms with E-state index in [0.29, 0.717) is 18.9 Å². The van der Waals surface area contributed by atoms with E-state index in [4.69, 9.17) is 9.84 Å². The molecule has 1 aromatic heterocycles. The third-order valence-electron chi connectivity index (χ3n) is 4.54. The highest BCUT2D eigenvalue weighted by molar-refractivity contribution is 5.72. The first-order chi connectivity index (χ1) is 13.6. The fourth-order valence-corrected chi connectivity index (χ4v) is 2.98. The first kappa shape index (κ1) is 19.6. The van der Waals surface area contributed by atoms with Gasteiger partial charge in [0, 0.05) is 18.1 Å². The van der Waals surface area contributed by atoms with Crippen molar-refractivity contribution in [1.82, 2.24) is 4.98 Å². The van der Waals surface area contributed by atoms with Crippen LogP contribution in [0.15, 0.2) is 66.7 Å². The lowest BCUT2D eigenvalue weighted by atomic mass is 10.0. The standard InChI is InChI=1S/C24H25NO3/c1-18-11-13-19(14-12-18)21-16-22(20-8-4-2-5-9-20)25-23(17-21)28-15-7-3-6-10-24(26)27/h2,4-5,8-9,11-14,16-17H,3,6-7,10,15H2,1H3,(H,26,27). The van der Waals surface area contributed by atoms with Crippen LogP contribution in [0.1, 0.15) is 31.2 Å². The Balaban J connectivity index is 1.77. The normalized spacial score (nSPS) is 10.6. The molecule has 4 nitrogen and oxygen atoms in total. The van der Waals surface area contributed by atoms with Crippen LogP contribution in [0, 0.1) is 6.92 Å². The number of unbranched alkanes of at least 4 members (excludes halogenated alkanes) is 2. The first-order valence-electron chi connectivity index (χ1n) is 9.61. The van der Waals surface area contributed by atoms with Crippen LogP contribution in [0.3, 0.4) is 0 Å². The lowest BCUT2D eigenvalue weighted by molar-refractivity contribution is -0.137. The van der Waals surface area contributed by atoms with E-state index in [-0.39, 0.29) is 6.42 Å². The van der Waals surface area contributed by atoms with Gasteiger partial charge in [-0.15, -0.1) is 0 Å². The van der Waals surface area contributed by atoms with Crippen molar-refractivity contribution in [2.75, 3.05) is 6.61 Å². The molecule has 3 aromatic rings. The van der Waals surface area contributed by atoms with Crippen molar-refractivity contribution < 1.29 is 14.6 Å². The van der Waals surface area contributed by atoms with E-state index in [2.05, 4.69) is 42.2 Å². The Labute approximate surface area is 165 Å². The summed E-state index contributed by atoms with van der Waals surface area (Å²) in [5.41, 5.74) is 5.33.